The molecular weight excluding hydrogens is 316 g/mol. The quantitative estimate of drug-likeness (QED) is 0.899. The van der Waals surface area contributed by atoms with Crippen molar-refractivity contribution >= 4 is 27.4 Å². The molecule has 8 heteroatoms. The maximum absolute atomic E-state index is 11.5. The summed E-state index contributed by atoms with van der Waals surface area (Å²) in [6.45, 7) is 0.440. The first-order valence-electron chi connectivity index (χ1n) is 6.68. The maximum Gasteiger partial charge on any atom is 0.239 e. The van der Waals surface area contributed by atoms with E-state index in [1.54, 1.807) is 0 Å². The van der Waals surface area contributed by atoms with Gasteiger partial charge >= 0.3 is 0 Å². The van der Waals surface area contributed by atoms with Crippen molar-refractivity contribution < 1.29 is 17.9 Å². The van der Waals surface area contributed by atoms with E-state index in [1.807, 2.05) is 0 Å². The predicted octanol–water partition coefficient (Wildman–Crippen LogP) is 1.38. The third-order valence-corrected chi connectivity index (χ3v) is 5.46. The molecule has 1 heterocycles. The second-order valence-electron chi connectivity index (χ2n) is 5.67. The zero-order valence-electron chi connectivity index (χ0n) is 11.2. The molecule has 0 radical (unpaired) electrons. The standard InChI is InChI=1S/C13H15ClN2O4S/c14-11-4-10(21(15,18)19)5-16-13(11)20-6-9-2-8-1-7(9)3-12(8)17/h4-5,7-9H,1-3,6H2,(H2,15,18,19)/t7-,8-,9-/m0/s1. The molecule has 0 spiro atoms. The van der Waals surface area contributed by atoms with Gasteiger partial charge in [-0.05, 0) is 30.7 Å². The molecule has 2 aliphatic carbocycles. The Hall–Kier alpha value is -1.18. The fourth-order valence-corrected chi connectivity index (χ4v) is 3.98. The van der Waals surface area contributed by atoms with Gasteiger partial charge in [0, 0.05) is 12.3 Å². The Morgan fingerprint density at radius 1 is 1.43 bits per heavy atom. The zero-order chi connectivity index (χ0) is 15.2. The monoisotopic (exact) mass is 330 g/mol. The van der Waals surface area contributed by atoms with E-state index >= 15 is 0 Å². The number of hydrogen-bond donors (Lipinski definition) is 1. The van der Waals surface area contributed by atoms with Crippen LogP contribution in [0.15, 0.2) is 17.2 Å². The van der Waals surface area contributed by atoms with Crippen LogP contribution in [0.4, 0.5) is 0 Å². The van der Waals surface area contributed by atoms with E-state index < -0.39 is 10.0 Å². The van der Waals surface area contributed by atoms with Crippen molar-refractivity contribution in [2.24, 2.45) is 22.9 Å². The minimum atomic E-state index is -3.83. The number of carbonyl (C=O) groups excluding carboxylic acids is 1. The van der Waals surface area contributed by atoms with Crippen LogP contribution >= 0.6 is 11.6 Å². The largest absolute Gasteiger partial charge is 0.476 e. The molecule has 3 rings (SSSR count). The molecule has 2 fully saturated rings. The molecule has 0 saturated heterocycles. The van der Waals surface area contributed by atoms with Gasteiger partial charge < -0.3 is 4.74 Å². The second-order valence-corrected chi connectivity index (χ2v) is 7.64. The highest BCUT2D eigenvalue weighted by molar-refractivity contribution is 7.89. The van der Waals surface area contributed by atoms with Gasteiger partial charge in [0.25, 0.3) is 0 Å². The first kappa shape index (κ1) is 14.7. The van der Waals surface area contributed by atoms with Gasteiger partial charge in [-0.2, -0.15) is 0 Å². The van der Waals surface area contributed by atoms with Gasteiger partial charge in [-0.15, -0.1) is 0 Å². The number of carbonyl (C=O) groups is 1. The summed E-state index contributed by atoms with van der Waals surface area (Å²) < 4.78 is 28.0. The van der Waals surface area contributed by atoms with Crippen LogP contribution in [0.3, 0.4) is 0 Å². The van der Waals surface area contributed by atoms with Crippen molar-refractivity contribution in [3.05, 3.63) is 17.3 Å². The van der Waals surface area contributed by atoms with Crippen molar-refractivity contribution in [2.75, 3.05) is 6.61 Å². The number of fused-ring (bicyclic) bond motifs is 2. The minimum Gasteiger partial charge on any atom is -0.476 e. The number of pyridine rings is 1. The van der Waals surface area contributed by atoms with E-state index in [0.717, 1.165) is 19.0 Å². The van der Waals surface area contributed by atoms with Crippen LogP contribution in [0.2, 0.25) is 5.02 Å². The number of ketones is 1. The summed E-state index contributed by atoms with van der Waals surface area (Å²) in [5, 5.41) is 5.12. The van der Waals surface area contributed by atoms with Crippen LogP contribution in [0.5, 0.6) is 5.88 Å². The fraction of sp³-hybridized carbons (Fsp3) is 0.538. The molecule has 2 saturated carbocycles. The third kappa shape index (κ3) is 2.90. The Balaban J connectivity index is 1.65. The van der Waals surface area contributed by atoms with Crippen molar-refractivity contribution in [1.29, 1.82) is 0 Å². The third-order valence-electron chi connectivity index (χ3n) is 4.30. The normalized spacial score (nSPS) is 28.1. The number of Topliss-reactive ketones (excluding diaryl/α,β-unsaturated/α-hetero) is 1. The molecule has 1 aromatic heterocycles. The molecule has 0 amide bonds. The summed E-state index contributed by atoms with van der Waals surface area (Å²) in [5.41, 5.74) is 0. The lowest BCUT2D eigenvalue weighted by Crippen LogP contribution is -2.23. The molecule has 114 valence electrons. The molecule has 0 aromatic carbocycles. The molecule has 2 bridgehead atoms. The lowest BCUT2D eigenvalue weighted by atomic mass is 9.89. The fourth-order valence-electron chi connectivity index (χ4n) is 3.21. The van der Waals surface area contributed by atoms with Crippen LogP contribution in [-0.4, -0.2) is 25.8 Å². The van der Waals surface area contributed by atoms with Gasteiger partial charge in [0.2, 0.25) is 15.9 Å². The van der Waals surface area contributed by atoms with Crippen LogP contribution in [-0.2, 0) is 14.8 Å². The smallest absolute Gasteiger partial charge is 0.239 e. The molecule has 0 aliphatic heterocycles. The Kier molecular flexibility index (Phi) is 3.67. The molecule has 2 N–H and O–H groups in total. The van der Waals surface area contributed by atoms with Crippen molar-refractivity contribution in [1.82, 2.24) is 4.98 Å². The van der Waals surface area contributed by atoms with Crippen LogP contribution in [0, 0.1) is 17.8 Å². The molecule has 21 heavy (non-hydrogen) atoms. The molecule has 2 aliphatic rings. The highest BCUT2D eigenvalue weighted by atomic mass is 35.5. The number of hydrogen-bond acceptors (Lipinski definition) is 5. The summed E-state index contributed by atoms with van der Waals surface area (Å²) in [5.74, 6) is 1.48. The van der Waals surface area contributed by atoms with Gasteiger partial charge in [0.1, 0.15) is 15.7 Å². The lowest BCUT2D eigenvalue weighted by Gasteiger charge is -2.21. The van der Waals surface area contributed by atoms with E-state index in [9.17, 15) is 13.2 Å². The number of nitrogens with zero attached hydrogens (tertiary/aromatic N) is 1. The van der Waals surface area contributed by atoms with Crippen molar-refractivity contribution in [3.63, 3.8) is 0 Å². The summed E-state index contributed by atoms with van der Waals surface area (Å²) >= 11 is 5.96. The van der Waals surface area contributed by atoms with Gasteiger partial charge in [0.05, 0.1) is 12.8 Å². The Labute approximate surface area is 127 Å². The Morgan fingerprint density at radius 2 is 2.19 bits per heavy atom. The molecule has 0 unspecified atom stereocenters. The number of primary sulfonamides is 1. The topological polar surface area (TPSA) is 99.4 Å². The maximum atomic E-state index is 11.5. The lowest BCUT2D eigenvalue weighted by molar-refractivity contribution is -0.122. The van der Waals surface area contributed by atoms with Gasteiger partial charge in [-0.1, -0.05) is 11.6 Å². The average molecular weight is 331 g/mol. The van der Waals surface area contributed by atoms with E-state index in [0.29, 0.717) is 30.6 Å². The second kappa shape index (κ2) is 5.23. The first-order chi connectivity index (χ1) is 9.84. The predicted molar refractivity (Wildman–Crippen MR) is 75.4 cm³/mol. The Bertz CT molecular complexity index is 691. The first-order valence-corrected chi connectivity index (χ1v) is 8.61. The van der Waals surface area contributed by atoms with Gasteiger partial charge in [-0.3, -0.25) is 4.79 Å². The SMILES string of the molecule is NS(=O)(=O)c1cnc(OC[C@@H]2C[C@@H]3C[C@H]2CC3=O)c(Cl)c1. The molecule has 1 aromatic rings. The number of ether oxygens (including phenoxy) is 1. The Morgan fingerprint density at radius 3 is 2.71 bits per heavy atom. The zero-order valence-corrected chi connectivity index (χ0v) is 12.7. The van der Waals surface area contributed by atoms with Gasteiger partial charge in [-0.25, -0.2) is 18.5 Å². The van der Waals surface area contributed by atoms with Crippen LogP contribution in [0.1, 0.15) is 19.3 Å². The average Bonchev–Trinajstić information content (AvgIpc) is 2.95. The number of sulfonamides is 1. The molecule has 6 nitrogen and oxygen atoms in total. The number of nitrogens with two attached hydrogens (primary N) is 1. The van der Waals surface area contributed by atoms with E-state index in [4.69, 9.17) is 21.5 Å². The van der Waals surface area contributed by atoms with E-state index in [-0.39, 0.29) is 21.7 Å². The van der Waals surface area contributed by atoms with E-state index in [2.05, 4.69) is 4.98 Å². The number of aromatic nitrogens is 1. The van der Waals surface area contributed by atoms with Crippen LogP contribution < -0.4 is 9.88 Å². The number of rotatable bonds is 4. The summed E-state index contributed by atoms with van der Waals surface area (Å²) in [6.07, 6.45) is 3.58. The van der Waals surface area contributed by atoms with E-state index in [1.165, 1.54) is 6.07 Å². The molecular formula is C13H15ClN2O4S. The number of halogens is 1. The van der Waals surface area contributed by atoms with Crippen LogP contribution in [0.25, 0.3) is 0 Å². The van der Waals surface area contributed by atoms with Crippen molar-refractivity contribution in [3.8, 4) is 5.88 Å². The summed E-state index contributed by atoms with van der Waals surface area (Å²) in [7, 11) is -3.83. The summed E-state index contributed by atoms with van der Waals surface area (Å²) in [6, 6.07) is 1.23. The summed E-state index contributed by atoms with van der Waals surface area (Å²) in [4.78, 5) is 15.3. The van der Waals surface area contributed by atoms with Gasteiger partial charge in [0.15, 0.2) is 0 Å². The van der Waals surface area contributed by atoms with Crippen molar-refractivity contribution in [2.45, 2.75) is 24.2 Å². The minimum absolute atomic E-state index is 0.112. The molecule has 3 atom stereocenters. The highest BCUT2D eigenvalue weighted by Crippen LogP contribution is 2.46. The highest BCUT2D eigenvalue weighted by Gasteiger charge is 2.45.